The molecule has 0 radical (unpaired) electrons. The second kappa shape index (κ2) is 25.2. The van der Waals surface area contributed by atoms with E-state index in [2.05, 4.69) is 62.8 Å². The maximum Gasteiger partial charge on any atom is 0.252 e. The van der Waals surface area contributed by atoms with Crippen molar-refractivity contribution in [1.82, 2.24) is 21.3 Å². The molecule has 8 heteroatoms. The van der Waals surface area contributed by atoms with Gasteiger partial charge in [-0.1, -0.05) is 119 Å². The highest BCUT2D eigenvalue weighted by Gasteiger charge is 2.26. The summed E-state index contributed by atoms with van der Waals surface area (Å²) in [6.07, 6.45) is 16.3. The second-order valence-corrected chi connectivity index (χ2v) is 12.8. The number of carbonyl (C=O) groups excluding carboxylic acids is 4. The van der Waals surface area contributed by atoms with Crippen LogP contribution in [0, 0.1) is 11.8 Å². The molecule has 0 aliphatic carbocycles. The van der Waals surface area contributed by atoms with E-state index in [1.807, 2.05) is 0 Å². The average molecular weight is 643 g/mol. The minimum atomic E-state index is -0.408. The summed E-state index contributed by atoms with van der Waals surface area (Å²) < 4.78 is 0. The molecule has 1 aromatic carbocycles. The first-order valence-electron chi connectivity index (χ1n) is 18.6. The van der Waals surface area contributed by atoms with E-state index in [1.165, 1.54) is 12.1 Å². The average Bonchev–Trinajstić information content (AvgIpc) is 3.07. The lowest BCUT2D eigenvalue weighted by Gasteiger charge is -2.19. The molecule has 4 amide bonds. The minimum Gasteiger partial charge on any atom is -0.352 e. The van der Waals surface area contributed by atoms with Crippen molar-refractivity contribution < 1.29 is 19.2 Å². The summed E-state index contributed by atoms with van der Waals surface area (Å²) in [5.74, 6) is -0.963. The highest BCUT2D eigenvalue weighted by atomic mass is 16.2. The Bertz CT molecular complexity index is 960. The number of amides is 4. The second-order valence-electron chi connectivity index (χ2n) is 12.8. The standard InChI is InChI=1S/C38H66N4O4/c1-7-13-17-19-23-39-35(43)31-25-34(38(46)42-28-30(12-6)22-16-10-4)32(36(44)40-24-20-18-14-8-2)26-33(31)37(45)41-27-29(11-5)21-15-9-3/h25-26,29-30H,7-24,27-28H2,1-6H3,(H,39,43)(H,40,44)(H,41,45)(H,42,46). The molecule has 0 aliphatic rings. The van der Waals surface area contributed by atoms with Crippen LogP contribution in [0.3, 0.4) is 0 Å². The van der Waals surface area contributed by atoms with Gasteiger partial charge in [-0.15, -0.1) is 0 Å². The van der Waals surface area contributed by atoms with Crippen molar-refractivity contribution in [3.05, 3.63) is 34.4 Å². The Morgan fingerprint density at radius 2 is 0.783 bits per heavy atom. The van der Waals surface area contributed by atoms with Gasteiger partial charge in [0, 0.05) is 26.2 Å². The van der Waals surface area contributed by atoms with Gasteiger partial charge in [0.05, 0.1) is 22.3 Å². The number of hydrogen-bond donors (Lipinski definition) is 4. The molecule has 0 spiro atoms. The fourth-order valence-electron chi connectivity index (χ4n) is 5.60. The minimum absolute atomic E-state index is 0.122. The molecule has 0 saturated heterocycles. The van der Waals surface area contributed by atoms with E-state index in [9.17, 15) is 19.2 Å². The smallest absolute Gasteiger partial charge is 0.252 e. The molecule has 46 heavy (non-hydrogen) atoms. The van der Waals surface area contributed by atoms with Crippen LogP contribution in [0.2, 0.25) is 0 Å². The van der Waals surface area contributed by atoms with Crippen molar-refractivity contribution in [2.75, 3.05) is 26.2 Å². The normalized spacial score (nSPS) is 12.3. The highest BCUT2D eigenvalue weighted by molar-refractivity contribution is 6.14. The molecule has 0 saturated carbocycles. The van der Waals surface area contributed by atoms with Gasteiger partial charge in [-0.05, 0) is 49.7 Å². The van der Waals surface area contributed by atoms with Crippen molar-refractivity contribution in [1.29, 1.82) is 0 Å². The fraction of sp³-hybridized carbons (Fsp3) is 0.737. The van der Waals surface area contributed by atoms with Crippen molar-refractivity contribution in [3.8, 4) is 0 Å². The monoisotopic (exact) mass is 643 g/mol. The van der Waals surface area contributed by atoms with Gasteiger partial charge in [-0.3, -0.25) is 19.2 Å². The van der Waals surface area contributed by atoms with Gasteiger partial charge in [0.2, 0.25) is 0 Å². The summed E-state index contributed by atoms with van der Waals surface area (Å²) in [6, 6.07) is 2.91. The highest BCUT2D eigenvalue weighted by Crippen LogP contribution is 2.21. The van der Waals surface area contributed by atoms with Crippen LogP contribution in [0.25, 0.3) is 0 Å². The van der Waals surface area contributed by atoms with Gasteiger partial charge in [-0.25, -0.2) is 0 Å². The Morgan fingerprint density at radius 3 is 1.09 bits per heavy atom. The van der Waals surface area contributed by atoms with Crippen LogP contribution in [0.1, 0.15) is 186 Å². The Kier molecular flexibility index (Phi) is 22.5. The molecule has 1 rings (SSSR count). The molecule has 0 aromatic heterocycles. The third-order valence-electron chi connectivity index (χ3n) is 8.96. The lowest BCUT2D eigenvalue weighted by molar-refractivity contribution is 0.0903. The lowest BCUT2D eigenvalue weighted by atomic mass is 9.94. The maximum absolute atomic E-state index is 13.7. The van der Waals surface area contributed by atoms with Gasteiger partial charge in [0.25, 0.3) is 23.6 Å². The SMILES string of the molecule is CCCCCCNC(=O)c1cc(C(=O)NCC(CC)CCCC)c(C(=O)NCCCCCC)cc1C(=O)NCC(CC)CCCC. The van der Waals surface area contributed by atoms with Crippen molar-refractivity contribution in [2.24, 2.45) is 11.8 Å². The Labute approximate surface area is 280 Å². The van der Waals surface area contributed by atoms with Crippen molar-refractivity contribution >= 4 is 23.6 Å². The third kappa shape index (κ3) is 15.6. The predicted octanol–water partition coefficient (Wildman–Crippen LogP) is 8.20. The fourth-order valence-corrected chi connectivity index (χ4v) is 5.60. The summed E-state index contributed by atoms with van der Waals surface area (Å²) in [7, 11) is 0. The van der Waals surface area contributed by atoms with E-state index in [4.69, 9.17) is 0 Å². The molecule has 1 aromatic rings. The van der Waals surface area contributed by atoms with Crippen LogP contribution in [0.15, 0.2) is 12.1 Å². The quantitative estimate of drug-likeness (QED) is 0.0762. The van der Waals surface area contributed by atoms with Crippen LogP contribution in [-0.2, 0) is 0 Å². The summed E-state index contributed by atoms with van der Waals surface area (Å²) in [5.41, 5.74) is 0.492. The van der Waals surface area contributed by atoms with E-state index in [0.717, 1.165) is 103 Å². The van der Waals surface area contributed by atoms with Gasteiger partial charge in [0.15, 0.2) is 0 Å². The predicted molar refractivity (Wildman–Crippen MR) is 191 cm³/mol. The van der Waals surface area contributed by atoms with Crippen LogP contribution in [0.4, 0.5) is 0 Å². The number of carbonyl (C=O) groups is 4. The van der Waals surface area contributed by atoms with E-state index >= 15 is 0 Å². The van der Waals surface area contributed by atoms with Crippen LogP contribution in [-0.4, -0.2) is 49.8 Å². The zero-order chi connectivity index (χ0) is 34.2. The van der Waals surface area contributed by atoms with Gasteiger partial charge in [0.1, 0.15) is 0 Å². The topological polar surface area (TPSA) is 116 Å². The first-order valence-corrected chi connectivity index (χ1v) is 18.6. The van der Waals surface area contributed by atoms with E-state index in [1.54, 1.807) is 0 Å². The zero-order valence-electron chi connectivity index (χ0n) is 30.1. The number of unbranched alkanes of at least 4 members (excludes halogenated alkanes) is 8. The van der Waals surface area contributed by atoms with E-state index in [0.29, 0.717) is 38.0 Å². The van der Waals surface area contributed by atoms with Crippen molar-refractivity contribution in [2.45, 2.75) is 144 Å². The van der Waals surface area contributed by atoms with Crippen LogP contribution >= 0.6 is 0 Å². The van der Waals surface area contributed by atoms with E-state index in [-0.39, 0.29) is 22.3 Å². The number of rotatable bonds is 26. The molecular formula is C38H66N4O4. The summed E-state index contributed by atoms with van der Waals surface area (Å²) >= 11 is 0. The van der Waals surface area contributed by atoms with Gasteiger partial charge < -0.3 is 21.3 Å². The Balaban J connectivity index is 3.49. The molecule has 0 heterocycles. The molecular weight excluding hydrogens is 576 g/mol. The Hall–Kier alpha value is -2.90. The zero-order valence-corrected chi connectivity index (χ0v) is 30.1. The number of benzene rings is 1. The Morgan fingerprint density at radius 1 is 0.457 bits per heavy atom. The number of hydrogen-bond acceptors (Lipinski definition) is 4. The molecule has 4 N–H and O–H groups in total. The molecule has 0 bridgehead atoms. The number of nitrogens with one attached hydrogen (secondary N) is 4. The largest absolute Gasteiger partial charge is 0.352 e. The lowest BCUT2D eigenvalue weighted by Crippen LogP contribution is -2.36. The maximum atomic E-state index is 13.7. The summed E-state index contributed by atoms with van der Waals surface area (Å²) in [6.45, 7) is 14.7. The first-order chi connectivity index (χ1) is 22.3. The molecule has 2 unspecified atom stereocenters. The molecule has 2 atom stereocenters. The van der Waals surface area contributed by atoms with Crippen LogP contribution in [0.5, 0.6) is 0 Å². The first kappa shape index (κ1) is 41.1. The molecule has 8 nitrogen and oxygen atoms in total. The summed E-state index contributed by atoms with van der Waals surface area (Å²) in [4.78, 5) is 54.5. The van der Waals surface area contributed by atoms with E-state index < -0.39 is 23.6 Å². The third-order valence-corrected chi connectivity index (χ3v) is 8.96. The molecule has 262 valence electrons. The van der Waals surface area contributed by atoms with Crippen LogP contribution < -0.4 is 21.3 Å². The van der Waals surface area contributed by atoms with Gasteiger partial charge in [-0.2, -0.15) is 0 Å². The molecule has 0 fully saturated rings. The summed E-state index contributed by atoms with van der Waals surface area (Å²) in [5, 5.41) is 12.0. The molecule has 0 aliphatic heterocycles. The van der Waals surface area contributed by atoms with Gasteiger partial charge >= 0.3 is 0 Å². The van der Waals surface area contributed by atoms with Crippen molar-refractivity contribution in [3.63, 3.8) is 0 Å².